The Bertz CT molecular complexity index is 821. The van der Waals surface area contributed by atoms with Gasteiger partial charge in [-0.1, -0.05) is 6.07 Å². The van der Waals surface area contributed by atoms with Gasteiger partial charge in [0.15, 0.2) is 0 Å². The Morgan fingerprint density at radius 2 is 1.85 bits per heavy atom. The van der Waals surface area contributed by atoms with E-state index >= 15 is 0 Å². The minimum Gasteiger partial charge on any atom is -0.325 e. The maximum Gasteiger partial charge on any atom is 0.269 e. The number of benzene rings is 1. The fourth-order valence-electron chi connectivity index (χ4n) is 2.20. The van der Waals surface area contributed by atoms with Gasteiger partial charge in [0.1, 0.15) is 5.82 Å². The molecule has 0 bridgehead atoms. The standard InChI is InChI=1S/C18H21N5O4/c1-12-4-9-16(19-10-12)21-17(24)11-22(3)13(2)18(25)20-14-5-7-15(8-6-14)23(26)27/h4-10,13H,11H2,1-3H3,(H,20,25)(H,19,21,24). The Morgan fingerprint density at radius 1 is 1.19 bits per heavy atom. The first-order valence-electron chi connectivity index (χ1n) is 8.24. The molecule has 0 spiro atoms. The second-order valence-corrected chi connectivity index (χ2v) is 6.15. The van der Waals surface area contributed by atoms with Gasteiger partial charge in [-0.05, 0) is 44.7 Å². The van der Waals surface area contributed by atoms with Crippen molar-refractivity contribution in [3.8, 4) is 0 Å². The van der Waals surface area contributed by atoms with Gasteiger partial charge in [-0.3, -0.25) is 24.6 Å². The summed E-state index contributed by atoms with van der Waals surface area (Å²) in [6, 6.07) is 8.50. The molecular formula is C18H21N5O4. The number of anilines is 2. The molecule has 0 fully saturated rings. The van der Waals surface area contributed by atoms with Gasteiger partial charge in [0.2, 0.25) is 11.8 Å². The number of hydrogen-bond acceptors (Lipinski definition) is 6. The SMILES string of the molecule is Cc1ccc(NC(=O)CN(C)C(C)C(=O)Nc2ccc([N+](=O)[O-])cc2)nc1. The highest BCUT2D eigenvalue weighted by molar-refractivity contribution is 5.96. The van der Waals surface area contributed by atoms with Crippen molar-refractivity contribution in [1.82, 2.24) is 9.88 Å². The lowest BCUT2D eigenvalue weighted by molar-refractivity contribution is -0.384. The van der Waals surface area contributed by atoms with Crippen LogP contribution in [0.15, 0.2) is 42.6 Å². The van der Waals surface area contributed by atoms with Crippen LogP contribution in [0.25, 0.3) is 0 Å². The van der Waals surface area contributed by atoms with E-state index in [0.717, 1.165) is 5.56 Å². The van der Waals surface area contributed by atoms with Crippen LogP contribution in [0.4, 0.5) is 17.2 Å². The average molecular weight is 371 g/mol. The zero-order valence-corrected chi connectivity index (χ0v) is 15.3. The van der Waals surface area contributed by atoms with Crippen molar-refractivity contribution in [3.05, 3.63) is 58.3 Å². The molecule has 1 unspecified atom stereocenters. The first-order chi connectivity index (χ1) is 12.8. The van der Waals surface area contributed by atoms with Gasteiger partial charge < -0.3 is 10.6 Å². The van der Waals surface area contributed by atoms with Crippen LogP contribution in [-0.2, 0) is 9.59 Å². The van der Waals surface area contributed by atoms with Gasteiger partial charge in [0.25, 0.3) is 5.69 Å². The van der Waals surface area contributed by atoms with Gasteiger partial charge in [0.05, 0.1) is 17.5 Å². The van der Waals surface area contributed by atoms with E-state index in [-0.39, 0.29) is 24.0 Å². The van der Waals surface area contributed by atoms with Crippen LogP contribution in [0.3, 0.4) is 0 Å². The van der Waals surface area contributed by atoms with Crippen LogP contribution >= 0.6 is 0 Å². The molecule has 0 aliphatic carbocycles. The first kappa shape index (κ1) is 20.0. The summed E-state index contributed by atoms with van der Waals surface area (Å²) >= 11 is 0. The Balaban J connectivity index is 1.88. The molecule has 2 N–H and O–H groups in total. The highest BCUT2D eigenvalue weighted by atomic mass is 16.6. The van der Waals surface area contributed by atoms with Crippen LogP contribution in [-0.4, -0.2) is 46.3 Å². The summed E-state index contributed by atoms with van der Waals surface area (Å²) in [5.74, 6) is -0.168. The number of nitro benzene ring substituents is 1. The van der Waals surface area contributed by atoms with Gasteiger partial charge in [0, 0.05) is 24.0 Å². The number of nitrogens with zero attached hydrogens (tertiary/aromatic N) is 3. The molecule has 2 aromatic rings. The molecular weight excluding hydrogens is 350 g/mol. The maximum absolute atomic E-state index is 12.3. The monoisotopic (exact) mass is 371 g/mol. The topological polar surface area (TPSA) is 117 Å². The number of amides is 2. The molecule has 0 saturated heterocycles. The predicted octanol–water partition coefficient (Wildman–Crippen LogP) is 2.20. The summed E-state index contributed by atoms with van der Waals surface area (Å²) in [7, 11) is 1.65. The Kier molecular flexibility index (Phi) is 6.56. The molecule has 9 heteroatoms. The Labute approximate surface area is 156 Å². The van der Waals surface area contributed by atoms with E-state index in [1.165, 1.54) is 24.3 Å². The van der Waals surface area contributed by atoms with Crippen molar-refractivity contribution in [2.45, 2.75) is 19.9 Å². The molecule has 0 saturated carbocycles. The molecule has 1 aromatic heterocycles. The second-order valence-electron chi connectivity index (χ2n) is 6.15. The number of likely N-dealkylation sites (N-methyl/N-ethyl adjacent to an activating group) is 1. The summed E-state index contributed by atoms with van der Waals surface area (Å²) < 4.78 is 0. The van der Waals surface area contributed by atoms with Crippen LogP contribution in [0, 0.1) is 17.0 Å². The van der Waals surface area contributed by atoms with Crippen molar-refractivity contribution < 1.29 is 14.5 Å². The number of non-ortho nitro benzene ring substituents is 1. The van der Waals surface area contributed by atoms with E-state index in [1.54, 1.807) is 31.1 Å². The van der Waals surface area contributed by atoms with Crippen molar-refractivity contribution >= 4 is 29.0 Å². The quantitative estimate of drug-likeness (QED) is 0.569. The van der Waals surface area contributed by atoms with Crippen molar-refractivity contribution in [2.75, 3.05) is 24.2 Å². The van der Waals surface area contributed by atoms with Crippen molar-refractivity contribution in [1.29, 1.82) is 0 Å². The molecule has 0 aliphatic heterocycles. The highest BCUT2D eigenvalue weighted by Gasteiger charge is 2.20. The summed E-state index contributed by atoms with van der Waals surface area (Å²) in [5, 5.41) is 16.0. The first-order valence-corrected chi connectivity index (χ1v) is 8.24. The summed E-state index contributed by atoms with van der Waals surface area (Å²) in [6.45, 7) is 3.57. The van der Waals surface area contributed by atoms with Gasteiger partial charge >= 0.3 is 0 Å². The number of aromatic nitrogens is 1. The largest absolute Gasteiger partial charge is 0.325 e. The number of nitrogens with one attached hydrogen (secondary N) is 2. The number of carbonyl (C=O) groups is 2. The lowest BCUT2D eigenvalue weighted by Gasteiger charge is -2.23. The number of nitro groups is 1. The molecule has 0 radical (unpaired) electrons. The van der Waals surface area contributed by atoms with Crippen LogP contribution in [0.2, 0.25) is 0 Å². The minimum absolute atomic E-state index is 0.00437. The normalized spacial score (nSPS) is 11.7. The molecule has 1 atom stereocenters. The third-order valence-electron chi connectivity index (χ3n) is 3.96. The number of pyridine rings is 1. The van der Waals surface area contributed by atoms with E-state index in [1.807, 2.05) is 13.0 Å². The van der Waals surface area contributed by atoms with Crippen LogP contribution < -0.4 is 10.6 Å². The number of aryl methyl sites for hydroxylation is 1. The highest BCUT2D eigenvalue weighted by Crippen LogP contribution is 2.16. The summed E-state index contributed by atoms with van der Waals surface area (Å²) in [4.78, 5) is 40.3. The Morgan fingerprint density at radius 3 is 2.41 bits per heavy atom. The molecule has 2 rings (SSSR count). The second kappa shape index (κ2) is 8.86. The van der Waals surface area contributed by atoms with Crippen molar-refractivity contribution in [3.63, 3.8) is 0 Å². The molecule has 2 amide bonds. The fourth-order valence-corrected chi connectivity index (χ4v) is 2.20. The van der Waals surface area contributed by atoms with E-state index in [0.29, 0.717) is 11.5 Å². The third kappa shape index (κ3) is 5.86. The Hall–Kier alpha value is -3.33. The van der Waals surface area contributed by atoms with E-state index < -0.39 is 11.0 Å². The lowest BCUT2D eigenvalue weighted by Crippen LogP contribution is -2.43. The molecule has 142 valence electrons. The maximum atomic E-state index is 12.3. The molecule has 9 nitrogen and oxygen atoms in total. The predicted molar refractivity (Wildman–Crippen MR) is 101 cm³/mol. The van der Waals surface area contributed by atoms with Gasteiger partial charge in [-0.2, -0.15) is 0 Å². The molecule has 0 aliphatic rings. The summed E-state index contributed by atoms with van der Waals surface area (Å²) in [5.41, 5.74) is 1.38. The number of rotatable bonds is 7. The lowest BCUT2D eigenvalue weighted by atomic mass is 10.2. The van der Waals surface area contributed by atoms with Gasteiger partial charge in [-0.25, -0.2) is 4.98 Å². The summed E-state index contributed by atoms with van der Waals surface area (Å²) in [6.07, 6.45) is 1.65. The molecule has 1 heterocycles. The van der Waals surface area contributed by atoms with Crippen LogP contribution in [0.1, 0.15) is 12.5 Å². The molecule has 1 aromatic carbocycles. The number of carbonyl (C=O) groups excluding carboxylic acids is 2. The number of hydrogen-bond donors (Lipinski definition) is 2. The van der Waals surface area contributed by atoms with E-state index in [2.05, 4.69) is 15.6 Å². The van der Waals surface area contributed by atoms with Gasteiger partial charge in [-0.15, -0.1) is 0 Å². The minimum atomic E-state index is -0.586. The average Bonchev–Trinajstić information content (AvgIpc) is 2.63. The van der Waals surface area contributed by atoms with E-state index in [4.69, 9.17) is 0 Å². The van der Waals surface area contributed by atoms with E-state index in [9.17, 15) is 19.7 Å². The fraction of sp³-hybridized carbons (Fsp3) is 0.278. The zero-order chi connectivity index (χ0) is 20.0. The third-order valence-corrected chi connectivity index (χ3v) is 3.96. The zero-order valence-electron chi connectivity index (χ0n) is 15.3. The van der Waals surface area contributed by atoms with Crippen LogP contribution in [0.5, 0.6) is 0 Å². The van der Waals surface area contributed by atoms with Crippen molar-refractivity contribution in [2.24, 2.45) is 0 Å². The smallest absolute Gasteiger partial charge is 0.269 e. The molecule has 27 heavy (non-hydrogen) atoms.